The summed E-state index contributed by atoms with van der Waals surface area (Å²) in [5, 5.41) is 4.71. The van der Waals surface area contributed by atoms with Crippen LogP contribution >= 0.6 is 11.6 Å². The topological polar surface area (TPSA) is 62.5 Å². The van der Waals surface area contributed by atoms with Crippen LogP contribution in [0.25, 0.3) is 11.4 Å². The highest BCUT2D eigenvalue weighted by atomic mass is 35.5. The zero-order valence-electron chi connectivity index (χ0n) is 15.4. The first-order valence-electron chi connectivity index (χ1n) is 9.79. The molecule has 2 heterocycles. The molecule has 2 aliphatic rings. The van der Waals surface area contributed by atoms with Gasteiger partial charge in [-0.25, -0.2) is 0 Å². The number of piperazine rings is 1. The van der Waals surface area contributed by atoms with Crippen molar-refractivity contribution in [3.63, 3.8) is 0 Å². The standard InChI is InChI=1S/C20H25ClN4O2/c21-17-8-4-7-16(13-17)19-22-18(27-23-19)14-24-9-11-25(12-10-24)20(26)15-5-2-1-3-6-15/h4,7-8,13,15H,1-3,5-6,9-12,14H2. The van der Waals surface area contributed by atoms with Gasteiger partial charge in [-0.1, -0.05) is 48.2 Å². The molecule has 6 nitrogen and oxygen atoms in total. The minimum Gasteiger partial charge on any atom is -0.340 e. The number of carbonyl (C=O) groups is 1. The highest BCUT2D eigenvalue weighted by Crippen LogP contribution is 2.26. The van der Waals surface area contributed by atoms with E-state index in [4.69, 9.17) is 16.1 Å². The second kappa shape index (κ2) is 8.40. The van der Waals surface area contributed by atoms with Crippen LogP contribution in [-0.2, 0) is 11.3 Å². The van der Waals surface area contributed by atoms with Crippen LogP contribution in [-0.4, -0.2) is 52.0 Å². The summed E-state index contributed by atoms with van der Waals surface area (Å²) in [6.45, 7) is 3.86. The number of hydrogen-bond acceptors (Lipinski definition) is 5. The van der Waals surface area contributed by atoms with Crippen LogP contribution in [0.2, 0.25) is 5.02 Å². The molecule has 4 rings (SSSR count). The largest absolute Gasteiger partial charge is 0.340 e. The van der Waals surface area contributed by atoms with Crippen LogP contribution in [0, 0.1) is 5.92 Å². The molecular formula is C20H25ClN4O2. The van der Waals surface area contributed by atoms with Crippen molar-refractivity contribution in [2.75, 3.05) is 26.2 Å². The van der Waals surface area contributed by atoms with Gasteiger partial charge in [-0.3, -0.25) is 9.69 Å². The van der Waals surface area contributed by atoms with Crippen LogP contribution in [0.15, 0.2) is 28.8 Å². The Morgan fingerprint density at radius 1 is 1.15 bits per heavy atom. The Morgan fingerprint density at radius 3 is 2.67 bits per heavy atom. The molecule has 0 spiro atoms. The highest BCUT2D eigenvalue weighted by molar-refractivity contribution is 6.30. The van der Waals surface area contributed by atoms with Gasteiger partial charge in [0.05, 0.1) is 6.54 Å². The normalized spacial score (nSPS) is 19.4. The fraction of sp³-hybridized carbons (Fsp3) is 0.550. The van der Waals surface area contributed by atoms with E-state index >= 15 is 0 Å². The maximum Gasteiger partial charge on any atom is 0.241 e. The molecule has 1 saturated heterocycles. The van der Waals surface area contributed by atoms with E-state index in [2.05, 4.69) is 15.0 Å². The molecule has 0 N–H and O–H groups in total. The molecule has 7 heteroatoms. The fourth-order valence-electron chi connectivity index (χ4n) is 3.99. The Labute approximate surface area is 164 Å². The van der Waals surface area contributed by atoms with E-state index in [1.165, 1.54) is 19.3 Å². The molecule has 0 bridgehead atoms. The van der Waals surface area contributed by atoms with Crippen molar-refractivity contribution in [3.8, 4) is 11.4 Å². The smallest absolute Gasteiger partial charge is 0.241 e. The SMILES string of the molecule is O=C(C1CCCCC1)N1CCN(Cc2nc(-c3cccc(Cl)c3)no2)CC1. The monoisotopic (exact) mass is 388 g/mol. The number of halogens is 1. The van der Waals surface area contributed by atoms with Gasteiger partial charge >= 0.3 is 0 Å². The van der Waals surface area contributed by atoms with Gasteiger partial charge in [-0.2, -0.15) is 4.98 Å². The molecule has 1 aromatic heterocycles. The van der Waals surface area contributed by atoms with E-state index in [9.17, 15) is 4.79 Å². The highest BCUT2D eigenvalue weighted by Gasteiger charge is 2.28. The first kappa shape index (κ1) is 18.4. The average molecular weight is 389 g/mol. The quantitative estimate of drug-likeness (QED) is 0.800. The van der Waals surface area contributed by atoms with Crippen LogP contribution in [0.4, 0.5) is 0 Å². The number of aromatic nitrogens is 2. The van der Waals surface area contributed by atoms with E-state index in [0.29, 0.717) is 29.2 Å². The van der Waals surface area contributed by atoms with Crippen molar-refractivity contribution in [2.45, 2.75) is 38.6 Å². The van der Waals surface area contributed by atoms with E-state index in [1.807, 2.05) is 29.2 Å². The molecule has 2 fully saturated rings. The zero-order valence-corrected chi connectivity index (χ0v) is 16.2. The maximum absolute atomic E-state index is 12.7. The van der Waals surface area contributed by atoms with Gasteiger partial charge in [0.2, 0.25) is 17.6 Å². The molecule has 27 heavy (non-hydrogen) atoms. The summed E-state index contributed by atoms with van der Waals surface area (Å²) < 4.78 is 5.40. The van der Waals surface area contributed by atoms with E-state index in [-0.39, 0.29) is 5.92 Å². The van der Waals surface area contributed by atoms with Gasteiger partial charge in [-0.05, 0) is 25.0 Å². The van der Waals surface area contributed by atoms with Gasteiger partial charge in [0.25, 0.3) is 0 Å². The summed E-state index contributed by atoms with van der Waals surface area (Å²) in [5.41, 5.74) is 0.848. The van der Waals surface area contributed by atoms with Crippen LogP contribution in [0.5, 0.6) is 0 Å². The Bertz CT molecular complexity index is 780. The van der Waals surface area contributed by atoms with Crippen molar-refractivity contribution >= 4 is 17.5 Å². The fourth-order valence-corrected chi connectivity index (χ4v) is 4.18. The first-order valence-corrected chi connectivity index (χ1v) is 10.2. The Kier molecular flexibility index (Phi) is 5.74. The van der Waals surface area contributed by atoms with Gasteiger partial charge in [0.15, 0.2) is 0 Å². The molecule has 0 atom stereocenters. The lowest BCUT2D eigenvalue weighted by atomic mass is 9.88. The molecule has 144 valence electrons. The second-order valence-electron chi connectivity index (χ2n) is 7.46. The summed E-state index contributed by atoms with van der Waals surface area (Å²) in [5.74, 6) is 1.76. The minimum atomic E-state index is 0.251. The number of benzene rings is 1. The van der Waals surface area contributed by atoms with Crippen LogP contribution in [0.3, 0.4) is 0 Å². The molecule has 1 saturated carbocycles. The third kappa shape index (κ3) is 4.50. The number of nitrogens with zero attached hydrogens (tertiary/aromatic N) is 4. The minimum absolute atomic E-state index is 0.251. The molecule has 1 amide bonds. The van der Waals surface area contributed by atoms with Crippen molar-refractivity contribution in [2.24, 2.45) is 5.92 Å². The molecule has 1 aromatic carbocycles. The average Bonchev–Trinajstić information content (AvgIpc) is 3.17. The lowest BCUT2D eigenvalue weighted by Gasteiger charge is -2.36. The number of carbonyl (C=O) groups excluding carboxylic acids is 1. The zero-order chi connectivity index (χ0) is 18.6. The summed E-state index contributed by atoms with van der Waals surface area (Å²) >= 11 is 6.03. The molecule has 1 aliphatic carbocycles. The Morgan fingerprint density at radius 2 is 1.93 bits per heavy atom. The predicted molar refractivity (Wildman–Crippen MR) is 103 cm³/mol. The van der Waals surface area contributed by atoms with Gasteiger partial charge < -0.3 is 9.42 Å². The Balaban J connectivity index is 1.30. The van der Waals surface area contributed by atoms with Gasteiger partial charge in [0, 0.05) is 42.7 Å². The van der Waals surface area contributed by atoms with E-state index < -0.39 is 0 Å². The number of rotatable bonds is 4. The number of amides is 1. The lowest BCUT2D eigenvalue weighted by Crippen LogP contribution is -2.50. The van der Waals surface area contributed by atoms with Crippen molar-refractivity contribution in [3.05, 3.63) is 35.2 Å². The molecule has 1 aliphatic heterocycles. The maximum atomic E-state index is 12.7. The van der Waals surface area contributed by atoms with Crippen molar-refractivity contribution < 1.29 is 9.32 Å². The van der Waals surface area contributed by atoms with Gasteiger partial charge in [-0.15, -0.1) is 0 Å². The van der Waals surface area contributed by atoms with Crippen LogP contribution < -0.4 is 0 Å². The van der Waals surface area contributed by atoms with Crippen LogP contribution in [0.1, 0.15) is 38.0 Å². The van der Waals surface area contributed by atoms with E-state index in [0.717, 1.165) is 44.6 Å². The number of hydrogen-bond donors (Lipinski definition) is 0. The van der Waals surface area contributed by atoms with Crippen molar-refractivity contribution in [1.29, 1.82) is 0 Å². The third-order valence-electron chi connectivity index (χ3n) is 5.55. The lowest BCUT2D eigenvalue weighted by molar-refractivity contribution is -0.138. The summed E-state index contributed by atoms with van der Waals surface area (Å²) in [7, 11) is 0. The Hall–Kier alpha value is -1.92. The molecule has 2 aromatic rings. The molecule has 0 unspecified atom stereocenters. The summed E-state index contributed by atoms with van der Waals surface area (Å²) in [4.78, 5) is 21.4. The van der Waals surface area contributed by atoms with E-state index in [1.54, 1.807) is 0 Å². The third-order valence-corrected chi connectivity index (χ3v) is 5.78. The first-order chi connectivity index (χ1) is 13.2. The summed E-state index contributed by atoms with van der Waals surface area (Å²) in [6.07, 6.45) is 5.80. The second-order valence-corrected chi connectivity index (χ2v) is 7.89. The van der Waals surface area contributed by atoms with Crippen molar-refractivity contribution in [1.82, 2.24) is 19.9 Å². The molecule has 0 radical (unpaired) electrons. The summed E-state index contributed by atoms with van der Waals surface area (Å²) in [6, 6.07) is 7.43. The van der Waals surface area contributed by atoms with Gasteiger partial charge in [0.1, 0.15) is 0 Å². The molecular weight excluding hydrogens is 364 g/mol. The predicted octanol–water partition coefficient (Wildman–Crippen LogP) is 3.61.